The van der Waals surface area contributed by atoms with Gasteiger partial charge in [-0.15, -0.1) is 11.3 Å². The molecule has 0 saturated carbocycles. The predicted molar refractivity (Wildman–Crippen MR) is 87.0 cm³/mol. The van der Waals surface area contributed by atoms with Gasteiger partial charge in [-0.3, -0.25) is 0 Å². The summed E-state index contributed by atoms with van der Waals surface area (Å²) in [5.41, 5.74) is 0. The van der Waals surface area contributed by atoms with Crippen molar-refractivity contribution in [1.82, 2.24) is 9.97 Å². The van der Waals surface area contributed by atoms with Gasteiger partial charge in [-0.2, -0.15) is 0 Å². The molecule has 2 N–H and O–H groups in total. The SMILES string of the molecule is CCNc1ncnc(NCCc2ccc(Br)s2)c1OC. The minimum Gasteiger partial charge on any atom is -0.490 e. The topological polar surface area (TPSA) is 59.1 Å². The van der Waals surface area contributed by atoms with E-state index in [4.69, 9.17) is 4.74 Å². The summed E-state index contributed by atoms with van der Waals surface area (Å²) in [4.78, 5) is 9.74. The molecule has 108 valence electrons. The molecule has 20 heavy (non-hydrogen) atoms. The Balaban J connectivity index is 1.99. The van der Waals surface area contributed by atoms with E-state index in [9.17, 15) is 0 Å². The van der Waals surface area contributed by atoms with Gasteiger partial charge in [0.25, 0.3) is 0 Å². The number of hydrogen-bond donors (Lipinski definition) is 2. The van der Waals surface area contributed by atoms with E-state index in [1.54, 1.807) is 18.4 Å². The van der Waals surface area contributed by atoms with Crippen LogP contribution in [0.25, 0.3) is 0 Å². The normalized spacial score (nSPS) is 10.3. The molecule has 0 fully saturated rings. The third-order valence-corrected chi connectivity index (χ3v) is 4.33. The van der Waals surface area contributed by atoms with Crippen molar-refractivity contribution in [2.45, 2.75) is 13.3 Å². The molecule has 0 amide bonds. The molecule has 5 nitrogen and oxygen atoms in total. The fraction of sp³-hybridized carbons (Fsp3) is 0.385. The summed E-state index contributed by atoms with van der Waals surface area (Å²) in [5.74, 6) is 2.09. The van der Waals surface area contributed by atoms with Crippen LogP contribution in [0.5, 0.6) is 5.75 Å². The van der Waals surface area contributed by atoms with Gasteiger partial charge < -0.3 is 15.4 Å². The van der Waals surface area contributed by atoms with Gasteiger partial charge in [0.05, 0.1) is 10.9 Å². The minimum atomic E-state index is 0.654. The summed E-state index contributed by atoms with van der Waals surface area (Å²) in [6.07, 6.45) is 2.48. The van der Waals surface area contributed by atoms with Crippen molar-refractivity contribution >= 4 is 38.9 Å². The number of ether oxygens (including phenoxy) is 1. The van der Waals surface area contributed by atoms with Crippen LogP contribution < -0.4 is 15.4 Å². The lowest BCUT2D eigenvalue weighted by molar-refractivity contribution is 0.414. The summed E-state index contributed by atoms with van der Waals surface area (Å²) in [5, 5.41) is 6.45. The second kappa shape index (κ2) is 7.44. The number of hydrogen-bond acceptors (Lipinski definition) is 6. The Morgan fingerprint density at radius 3 is 2.60 bits per heavy atom. The van der Waals surface area contributed by atoms with Gasteiger partial charge >= 0.3 is 0 Å². The van der Waals surface area contributed by atoms with Gasteiger partial charge in [-0.25, -0.2) is 9.97 Å². The molecule has 0 aliphatic heterocycles. The van der Waals surface area contributed by atoms with Crippen molar-refractivity contribution in [2.75, 3.05) is 30.8 Å². The first-order valence-corrected chi connectivity index (χ1v) is 7.96. The highest BCUT2D eigenvalue weighted by molar-refractivity contribution is 9.11. The molecular formula is C13H17BrN4OS. The highest BCUT2D eigenvalue weighted by Crippen LogP contribution is 2.29. The molecule has 0 aromatic carbocycles. The van der Waals surface area contributed by atoms with Gasteiger partial charge in [-0.1, -0.05) is 0 Å². The maximum Gasteiger partial charge on any atom is 0.204 e. The molecule has 2 aromatic rings. The maximum atomic E-state index is 5.38. The minimum absolute atomic E-state index is 0.654. The quantitative estimate of drug-likeness (QED) is 0.796. The van der Waals surface area contributed by atoms with Crippen molar-refractivity contribution in [3.05, 3.63) is 27.1 Å². The smallest absolute Gasteiger partial charge is 0.204 e. The molecule has 2 rings (SSSR count). The zero-order valence-electron chi connectivity index (χ0n) is 11.4. The Bertz CT molecular complexity index is 561. The Morgan fingerprint density at radius 2 is 2.00 bits per heavy atom. The molecule has 2 heterocycles. The summed E-state index contributed by atoms with van der Waals surface area (Å²) in [7, 11) is 1.63. The Hall–Kier alpha value is -1.34. The zero-order chi connectivity index (χ0) is 14.4. The molecular weight excluding hydrogens is 340 g/mol. The molecule has 2 aromatic heterocycles. The number of nitrogens with one attached hydrogen (secondary N) is 2. The first-order chi connectivity index (χ1) is 9.74. The largest absolute Gasteiger partial charge is 0.490 e. The fourth-order valence-corrected chi connectivity index (χ4v) is 3.26. The lowest BCUT2D eigenvalue weighted by Crippen LogP contribution is -2.10. The Labute approximate surface area is 130 Å². The zero-order valence-corrected chi connectivity index (χ0v) is 13.8. The van der Waals surface area contributed by atoms with Crippen molar-refractivity contribution < 1.29 is 4.74 Å². The monoisotopic (exact) mass is 356 g/mol. The Kier molecular flexibility index (Phi) is 5.60. The molecule has 0 unspecified atom stereocenters. The van der Waals surface area contributed by atoms with Gasteiger partial charge in [0.1, 0.15) is 6.33 Å². The van der Waals surface area contributed by atoms with Crippen LogP contribution in [0.15, 0.2) is 22.2 Å². The van der Waals surface area contributed by atoms with Crippen LogP contribution in [0.3, 0.4) is 0 Å². The predicted octanol–water partition coefficient (Wildman–Crippen LogP) is 3.40. The van der Waals surface area contributed by atoms with Crippen molar-refractivity contribution in [1.29, 1.82) is 0 Å². The molecule has 0 radical (unpaired) electrons. The number of methoxy groups -OCH3 is 1. The van der Waals surface area contributed by atoms with Gasteiger partial charge in [0.2, 0.25) is 5.75 Å². The number of anilines is 2. The van der Waals surface area contributed by atoms with Crippen molar-refractivity contribution in [2.24, 2.45) is 0 Å². The number of thiophene rings is 1. The third-order valence-electron chi connectivity index (χ3n) is 2.64. The molecule has 0 saturated heterocycles. The van der Waals surface area contributed by atoms with Crippen LogP contribution >= 0.6 is 27.3 Å². The summed E-state index contributed by atoms with van der Waals surface area (Å²) in [6.45, 7) is 3.60. The van der Waals surface area contributed by atoms with Gasteiger partial charge in [0.15, 0.2) is 11.6 Å². The van der Waals surface area contributed by atoms with Gasteiger partial charge in [0, 0.05) is 18.0 Å². The lowest BCUT2D eigenvalue weighted by Gasteiger charge is -2.13. The molecule has 0 aliphatic carbocycles. The van der Waals surface area contributed by atoms with Crippen LogP contribution in [0.2, 0.25) is 0 Å². The van der Waals surface area contributed by atoms with E-state index >= 15 is 0 Å². The van der Waals surface area contributed by atoms with Crippen LogP contribution in [0, 0.1) is 0 Å². The van der Waals surface area contributed by atoms with Crippen molar-refractivity contribution in [3.8, 4) is 5.75 Å². The van der Waals surface area contributed by atoms with Crippen LogP contribution in [0.1, 0.15) is 11.8 Å². The Morgan fingerprint density at radius 1 is 1.25 bits per heavy atom. The fourth-order valence-electron chi connectivity index (χ4n) is 1.78. The molecule has 0 spiro atoms. The number of halogens is 1. The lowest BCUT2D eigenvalue weighted by atomic mass is 10.3. The number of aromatic nitrogens is 2. The molecule has 0 bridgehead atoms. The highest BCUT2D eigenvalue weighted by atomic mass is 79.9. The van der Waals surface area contributed by atoms with Crippen LogP contribution in [0.4, 0.5) is 11.6 Å². The van der Waals surface area contributed by atoms with Crippen LogP contribution in [-0.2, 0) is 6.42 Å². The average Bonchev–Trinajstić information content (AvgIpc) is 2.85. The summed E-state index contributed by atoms with van der Waals surface area (Å²) < 4.78 is 6.54. The molecule has 0 aliphatic rings. The van der Waals surface area contributed by atoms with E-state index in [0.717, 1.165) is 23.3 Å². The van der Waals surface area contributed by atoms with E-state index < -0.39 is 0 Å². The van der Waals surface area contributed by atoms with Gasteiger partial charge in [-0.05, 0) is 41.4 Å². The first kappa shape index (κ1) is 15.1. The maximum absolute atomic E-state index is 5.38. The first-order valence-electron chi connectivity index (χ1n) is 6.35. The molecule has 7 heteroatoms. The average molecular weight is 357 g/mol. The number of rotatable bonds is 7. The molecule has 0 atom stereocenters. The highest BCUT2D eigenvalue weighted by Gasteiger charge is 2.11. The number of nitrogens with zero attached hydrogens (tertiary/aromatic N) is 2. The van der Waals surface area contributed by atoms with E-state index in [0.29, 0.717) is 17.4 Å². The van der Waals surface area contributed by atoms with E-state index in [1.165, 1.54) is 11.2 Å². The third kappa shape index (κ3) is 3.83. The van der Waals surface area contributed by atoms with E-state index in [-0.39, 0.29) is 0 Å². The second-order valence-corrected chi connectivity index (χ2v) is 6.56. The summed E-state index contributed by atoms with van der Waals surface area (Å²) in [6, 6.07) is 4.19. The summed E-state index contributed by atoms with van der Waals surface area (Å²) >= 11 is 5.21. The second-order valence-electron chi connectivity index (χ2n) is 4.02. The standard InChI is InChI=1S/C13H17BrN4OS/c1-3-15-12-11(19-2)13(18-8-17-12)16-7-6-9-4-5-10(14)20-9/h4-5,8H,3,6-7H2,1-2H3,(H2,15,16,17,18). The van der Waals surface area contributed by atoms with E-state index in [1.807, 2.05) is 6.92 Å². The van der Waals surface area contributed by atoms with Crippen molar-refractivity contribution in [3.63, 3.8) is 0 Å². The van der Waals surface area contributed by atoms with E-state index in [2.05, 4.69) is 48.7 Å². The van der Waals surface area contributed by atoms with Crippen LogP contribution in [-0.4, -0.2) is 30.2 Å².